The Balaban J connectivity index is 1.42. The number of aromatic nitrogens is 2. The highest BCUT2D eigenvalue weighted by atomic mass is 32.1. The fourth-order valence-electron chi connectivity index (χ4n) is 4.40. The molecule has 0 aliphatic heterocycles. The number of thiophene rings is 1. The summed E-state index contributed by atoms with van der Waals surface area (Å²) in [5, 5.41) is 10.4. The van der Waals surface area contributed by atoms with Crippen LogP contribution >= 0.6 is 11.3 Å². The standard InChI is InChI=1S/C22H28N4O4S/c1-13-11-17(26(2)25-13)23-18(27)12-30-22(29)19-15-9-6-10-16(15)31-21(19)24-20(28)14-7-4-3-5-8-14/h11,14H,3-10,12H2,1-2H3,(H,23,27)(H,24,28). The van der Waals surface area contributed by atoms with E-state index in [0.717, 1.165) is 61.1 Å². The molecule has 2 amide bonds. The van der Waals surface area contributed by atoms with Crippen molar-refractivity contribution < 1.29 is 19.1 Å². The number of anilines is 2. The molecule has 0 bridgehead atoms. The van der Waals surface area contributed by atoms with Gasteiger partial charge in [0, 0.05) is 23.9 Å². The summed E-state index contributed by atoms with van der Waals surface area (Å²) < 4.78 is 6.89. The molecule has 8 nitrogen and oxygen atoms in total. The molecule has 2 aliphatic rings. The van der Waals surface area contributed by atoms with Gasteiger partial charge in [-0.25, -0.2) is 4.79 Å². The van der Waals surface area contributed by atoms with E-state index >= 15 is 0 Å². The Labute approximate surface area is 185 Å². The van der Waals surface area contributed by atoms with E-state index in [9.17, 15) is 14.4 Å². The number of carbonyl (C=O) groups is 3. The van der Waals surface area contributed by atoms with Gasteiger partial charge in [-0.1, -0.05) is 19.3 Å². The lowest BCUT2D eigenvalue weighted by atomic mass is 9.89. The van der Waals surface area contributed by atoms with Crippen molar-refractivity contribution in [2.75, 3.05) is 17.2 Å². The Hall–Kier alpha value is -2.68. The van der Waals surface area contributed by atoms with Crippen molar-refractivity contribution >= 4 is 39.9 Å². The molecule has 0 spiro atoms. The van der Waals surface area contributed by atoms with E-state index in [4.69, 9.17) is 4.74 Å². The number of hydrogen-bond acceptors (Lipinski definition) is 6. The highest BCUT2D eigenvalue weighted by Gasteiger charge is 2.30. The Morgan fingerprint density at radius 2 is 1.94 bits per heavy atom. The Morgan fingerprint density at radius 3 is 2.65 bits per heavy atom. The lowest BCUT2D eigenvalue weighted by Crippen LogP contribution is -2.26. The predicted octanol–water partition coefficient (Wildman–Crippen LogP) is 3.59. The average Bonchev–Trinajstić information content (AvgIpc) is 3.41. The number of esters is 1. The summed E-state index contributed by atoms with van der Waals surface area (Å²) >= 11 is 1.47. The lowest BCUT2D eigenvalue weighted by molar-refractivity contribution is -0.121. The largest absolute Gasteiger partial charge is 0.452 e. The van der Waals surface area contributed by atoms with Crippen molar-refractivity contribution in [2.24, 2.45) is 13.0 Å². The summed E-state index contributed by atoms with van der Waals surface area (Å²) in [5.74, 6) is -0.471. The first kappa shape index (κ1) is 21.5. The third kappa shape index (κ3) is 4.81. The van der Waals surface area contributed by atoms with Crippen LogP contribution in [0.5, 0.6) is 0 Å². The summed E-state index contributed by atoms with van der Waals surface area (Å²) in [6, 6.07) is 1.74. The summed E-state index contributed by atoms with van der Waals surface area (Å²) in [6.07, 6.45) is 7.77. The van der Waals surface area contributed by atoms with Crippen LogP contribution in [0.15, 0.2) is 6.07 Å². The van der Waals surface area contributed by atoms with E-state index in [1.54, 1.807) is 17.8 Å². The molecule has 31 heavy (non-hydrogen) atoms. The molecule has 166 valence electrons. The quantitative estimate of drug-likeness (QED) is 0.663. The van der Waals surface area contributed by atoms with Crippen molar-refractivity contribution in [3.05, 3.63) is 27.8 Å². The highest BCUT2D eigenvalue weighted by Crippen LogP contribution is 2.40. The zero-order valence-corrected chi connectivity index (χ0v) is 18.8. The van der Waals surface area contributed by atoms with Gasteiger partial charge in [0.25, 0.3) is 5.91 Å². The van der Waals surface area contributed by atoms with E-state index in [1.807, 2.05) is 6.92 Å². The van der Waals surface area contributed by atoms with Crippen LogP contribution in [-0.2, 0) is 34.2 Å². The van der Waals surface area contributed by atoms with Crippen molar-refractivity contribution in [1.29, 1.82) is 0 Å². The molecular formula is C22H28N4O4S. The monoisotopic (exact) mass is 444 g/mol. The van der Waals surface area contributed by atoms with E-state index < -0.39 is 18.5 Å². The third-order valence-corrected chi connectivity index (χ3v) is 7.15. The smallest absolute Gasteiger partial charge is 0.341 e. The molecule has 4 rings (SSSR count). The first-order chi connectivity index (χ1) is 14.9. The first-order valence-corrected chi connectivity index (χ1v) is 11.7. The predicted molar refractivity (Wildman–Crippen MR) is 118 cm³/mol. The molecule has 0 saturated heterocycles. The summed E-state index contributed by atoms with van der Waals surface area (Å²) in [7, 11) is 1.73. The SMILES string of the molecule is Cc1cc(NC(=O)COC(=O)c2c(NC(=O)C3CCCCC3)sc3c2CCC3)n(C)n1. The fraction of sp³-hybridized carbons (Fsp3) is 0.545. The molecule has 2 N–H and O–H groups in total. The zero-order valence-electron chi connectivity index (χ0n) is 18.0. The van der Waals surface area contributed by atoms with E-state index in [0.29, 0.717) is 16.4 Å². The minimum atomic E-state index is -0.560. The Bertz CT molecular complexity index is 1000. The molecule has 0 radical (unpaired) electrons. The zero-order chi connectivity index (χ0) is 22.0. The maximum Gasteiger partial charge on any atom is 0.341 e. The molecule has 1 saturated carbocycles. The summed E-state index contributed by atoms with van der Waals surface area (Å²) in [6.45, 7) is 1.43. The highest BCUT2D eigenvalue weighted by molar-refractivity contribution is 7.17. The van der Waals surface area contributed by atoms with Crippen LogP contribution in [0, 0.1) is 12.8 Å². The van der Waals surface area contributed by atoms with Crippen molar-refractivity contribution in [3.63, 3.8) is 0 Å². The second-order valence-electron chi connectivity index (χ2n) is 8.30. The van der Waals surface area contributed by atoms with Gasteiger partial charge in [-0.2, -0.15) is 5.10 Å². The number of hydrogen-bond donors (Lipinski definition) is 2. The number of carbonyl (C=O) groups excluding carboxylic acids is 3. The van der Waals surface area contributed by atoms with Gasteiger partial charge >= 0.3 is 5.97 Å². The Kier molecular flexibility index (Phi) is 6.41. The number of rotatable bonds is 6. The first-order valence-electron chi connectivity index (χ1n) is 10.9. The summed E-state index contributed by atoms with van der Waals surface area (Å²) in [4.78, 5) is 39.0. The second kappa shape index (κ2) is 9.21. The fourth-order valence-corrected chi connectivity index (χ4v) is 5.68. The van der Waals surface area contributed by atoms with Crippen molar-refractivity contribution in [3.8, 4) is 0 Å². The van der Waals surface area contributed by atoms with Gasteiger partial charge in [-0.3, -0.25) is 14.3 Å². The van der Waals surface area contributed by atoms with Crippen LogP contribution < -0.4 is 10.6 Å². The maximum absolute atomic E-state index is 12.9. The van der Waals surface area contributed by atoms with Crippen molar-refractivity contribution in [2.45, 2.75) is 58.3 Å². The van der Waals surface area contributed by atoms with Gasteiger partial charge in [0.05, 0.1) is 11.3 Å². The number of nitrogens with zero attached hydrogens (tertiary/aromatic N) is 2. The van der Waals surface area contributed by atoms with Gasteiger partial charge in [-0.15, -0.1) is 11.3 Å². The molecule has 2 aliphatic carbocycles. The average molecular weight is 445 g/mol. The van der Waals surface area contributed by atoms with Crippen molar-refractivity contribution in [1.82, 2.24) is 9.78 Å². The number of amides is 2. The van der Waals surface area contributed by atoms with E-state index in [1.165, 1.54) is 17.8 Å². The van der Waals surface area contributed by atoms with Crippen LogP contribution in [0.1, 0.15) is 65.0 Å². The van der Waals surface area contributed by atoms with Crippen LogP contribution in [0.4, 0.5) is 10.8 Å². The van der Waals surface area contributed by atoms with Gasteiger partial charge in [0.15, 0.2) is 6.61 Å². The number of fused-ring (bicyclic) bond motifs is 1. The van der Waals surface area contributed by atoms with Crippen LogP contribution in [0.3, 0.4) is 0 Å². The van der Waals surface area contributed by atoms with Gasteiger partial charge in [-0.05, 0) is 44.6 Å². The molecule has 0 unspecified atom stereocenters. The summed E-state index contributed by atoms with van der Waals surface area (Å²) in [5.41, 5.74) is 2.16. The number of nitrogens with one attached hydrogen (secondary N) is 2. The van der Waals surface area contributed by atoms with Gasteiger partial charge < -0.3 is 15.4 Å². The van der Waals surface area contributed by atoms with Crippen LogP contribution in [0.2, 0.25) is 0 Å². The van der Waals surface area contributed by atoms with E-state index in [2.05, 4.69) is 15.7 Å². The molecule has 9 heteroatoms. The van der Waals surface area contributed by atoms with Crippen LogP contribution in [0.25, 0.3) is 0 Å². The van der Waals surface area contributed by atoms with Gasteiger partial charge in [0.2, 0.25) is 5.91 Å². The molecular weight excluding hydrogens is 416 g/mol. The molecule has 2 aromatic rings. The molecule has 0 aromatic carbocycles. The minimum absolute atomic E-state index is 0.00249. The second-order valence-corrected chi connectivity index (χ2v) is 9.41. The van der Waals surface area contributed by atoms with Crippen LogP contribution in [-0.4, -0.2) is 34.2 Å². The topological polar surface area (TPSA) is 102 Å². The maximum atomic E-state index is 12.9. The normalized spacial score (nSPS) is 16.1. The molecule has 2 heterocycles. The Morgan fingerprint density at radius 1 is 1.16 bits per heavy atom. The van der Waals surface area contributed by atoms with E-state index in [-0.39, 0.29) is 11.8 Å². The number of aryl methyl sites for hydroxylation is 3. The molecule has 1 fully saturated rings. The number of ether oxygens (including phenoxy) is 1. The molecule has 0 atom stereocenters. The third-order valence-electron chi connectivity index (χ3n) is 5.94. The molecule has 2 aromatic heterocycles. The minimum Gasteiger partial charge on any atom is -0.452 e. The van der Waals surface area contributed by atoms with Gasteiger partial charge in [0.1, 0.15) is 10.8 Å². The lowest BCUT2D eigenvalue weighted by Gasteiger charge is -2.20.